The lowest BCUT2D eigenvalue weighted by Crippen LogP contribution is -2.30. The number of aliphatic hydroxyl groups excluding tert-OH is 1. The van der Waals surface area contributed by atoms with Crippen molar-refractivity contribution in [3.63, 3.8) is 0 Å². The van der Waals surface area contributed by atoms with Crippen LogP contribution in [0.1, 0.15) is 453 Å². The number of carbonyl (C=O) groups excluding carboxylic acids is 4. The molecule has 0 bridgehead atoms. The Balaban J connectivity index is 5.27. The van der Waals surface area contributed by atoms with E-state index in [2.05, 4.69) is 55.4 Å². The summed E-state index contributed by atoms with van der Waals surface area (Å²) in [7, 11) is -9.93. The molecule has 0 rings (SSSR count). The number of phosphoric acid groups is 2. The molecular weight excluding hydrogens is 1380 g/mol. The van der Waals surface area contributed by atoms with Crippen LogP contribution in [0.2, 0.25) is 0 Å². The molecule has 0 saturated heterocycles. The fraction of sp³-hybridized carbons (Fsp3) is 0.954. The van der Waals surface area contributed by atoms with Crippen LogP contribution >= 0.6 is 15.6 Å². The molecule has 17 nitrogen and oxygen atoms in total. The largest absolute Gasteiger partial charge is 0.472 e. The van der Waals surface area contributed by atoms with Gasteiger partial charge in [-0.1, -0.05) is 402 Å². The van der Waals surface area contributed by atoms with E-state index in [1.807, 2.05) is 0 Å². The zero-order valence-electron chi connectivity index (χ0n) is 70.1. The van der Waals surface area contributed by atoms with Crippen molar-refractivity contribution in [2.24, 2.45) is 23.7 Å². The molecule has 0 aromatic heterocycles. The molecule has 0 aromatic rings. The Morgan fingerprint density at radius 1 is 0.264 bits per heavy atom. The van der Waals surface area contributed by atoms with E-state index in [1.54, 1.807) is 0 Å². The summed E-state index contributed by atoms with van der Waals surface area (Å²) in [5.41, 5.74) is 0. The molecule has 0 amide bonds. The van der Waals surface area contributed by atoms with Crippen LogP contribution in [0, 0.1) is 23.7 Å². The van der Waals surface area contributed by atoms with Crippen molar-refractivity contribution in [2.75, 3.05) is 39.6 Å². The Labute approximate surface area is 651 Å². The minimum absolute atomic E-state index is 0.107. The number of hydrogen-bond acceptors (Lipinski definition) is 15. The highest BCUT2D eigenvalue weighted by atomic mass is 31.2. The van der Waals surface area contributed by atoms with E-state index in [0.29, 0.717) is 25.7 Å². The van der Waals surface area contributed by atoms with E-state index >= 15 is 0 Å². The molecule has 0 aliphatic carbocycles. The highest BCUT2D eigenvalue weighted by molar-refractivity contribution is 7.47. The standard InChI is InChI=1S/C87H170O17P2/c1-9-79(7)65-57-49-41-33-27-21-17-18-24-30-36-46-54-62-70-87(92)104-83(74-98-85(90)68-60-52-44-38-37-42-50-58-66-80(8)10-2)76-102-106(95,96)100-72-81(88)71-99-105(93,94)101-75-82(103-86(91)69-61-53-45-35-29-23-16-12-14-20-26-32-40-48-56-64-78(5)6)73-97-84(89)67-59-51-43-34-28-22-15-11-13-19-25-31-39-47-55-63-77(3)4/h77-83,88H,9-76H2,1-8H3,(H,93,94)(H,95,96)/t79?,80?,81-,82-,83-/m1/s1. The smallest absolute Gasteiger partial charge is 0.462 e. The predicted octanol–water partition coefficient (Wildman–Crippen LogP) is 26.3. The maximum atomic E-state index is 13.2. The molecule has 0 aliphatic rings. The van der Waals surface area contributed by atoms with Gasteiger partial charge in [-0.15, -0.1) is 0 Å². The Hall–Kier alpha value is -1.94. The van der Waals surface area contributed by atoms with E-state index in [1.165, 1.54) is 257 Å². The van der Waals surface area contributed by atoms with Crippen LogP contribution in [-0.4, -0.2) is 96.7 Å². The summed E-state index contributed by atoms with van der Waals surface area (Å²) in [4.78, 5) is 73.3. The van der Waals surface area contributed by atoms with Gasteiger partial charge in [0.05, 0.1) is 26.4 Å². The molecule has 0 heterocycles. The summed E-state index contributed by atoms with van der Waals surface area (Å²) in [6, 6.07) is 0. The van der Waals surface area contributed by atoms with Crippen LogP contribution in [0.5, 0.6) is 0 Å². The molecule has 19 heteroatoms. The number of ether oxygens (including phenoxy) is 4. The van der Waals surface area contributed by atoms with Crippen LogP contribution in [0.25, 0.3) is 0 Å². The molecule has 7 atom stereocenters. The van der Waals surface area contributed by atoms with Gasteiger partial charge in [0.1, 0.15) is 19.3 Å². The first-order chi connectivity index (χ1) is 51.2. The van der Waals surface area contributed by atoms with Crippen molar-refractivity contribution in [2.45, 2.75) is 472 Å². The predicted molar refractivity (Wildman–Crippen MR) is 437 cm³/mol. The van der Waals surface area contributed by atoms with Crippen LogP contribution in [-0.2, 0) is 65.4 Å². The van der Waals surface area contributed by atoms with E-state index in [-0.39, 0.29) is 25.7 Å². The molecule has 630 valence electrons. The number of esters is 4. The van der Waals surface area contributed by atoms with Gasteiger partial charge in [0, 0.05) is 25.7 Å². The molecule has 106 heavy (non-hydrogen) atoms. The third kappa shape index (κ3) is 77.4. The number of rotatable bonds is 84. The maximum Gasteiger partial charge on any atom is 0.472 e. The topological polar surface area (TPSA) is 237 Å². The van der Waals surface area contributed by atoms with Gasteiger partial charge in [0.25, 0.3) is 0 Å². The van der Waals surface area contributed by atoms with Crippen molar-refractivity contribution >= 4 is 39.5 Å². The first kappa shape index (κ1) is 104. The van der Waals surface area contributed by atoms with Gasteiger partial charge in [-0.2, -0.15) is 0 Å². The van der Waals surface area contributed by atoms with Crippen molar-refractivity contribution in [3.05, 3.63) is 0 Å². The van der Waals surface area contributed by atoms with E-state index in [4.69, 9.17) is 37.0 Å². The lowest BCUT2D eigenvalue weighted by molar-refractivity contribution is -0.161. The molecule has 0 aliphatic heterocycles. The number of phosphoric ester groups is 2. The first-order valence-corrected chi connectivity index (χ1v) is 47.8. The summed E-state index contributed by atoms with van der Waals surface area (Å²) in [6.07, 6.45) is 65.0. The number of carbonyl (C=O) groups is 4. The zero-order valence-corrected chi connectivity index (χ0v) is 71.9. The second-order valence-electron chi connectivity index (χ2n) is 32.7. The average Bonchev–Trinajstić information content (AvgIpc) is 0.900. The summed E-state index contributed by atoms with van der Waals surface area (Å²) in [5, 5.41) is 10.7. The van der Waals surface area contributed by atoms with Gasteiger partial charge < -0.3 is 33.8 Å². The van der Waals surface area contributed by atoms with Crippen LogP contribution in [0.15, 0.2) is 0 Å². The van der Waals surface area contributed by atoms with Gasteiger partial charge in [-0.05, 0) is 49.4 Å². The second-order valence-corrected chi connectivity index (χ2v) is 35.6. The normalized spacial score (nSPS) is 14.4. The number of hydrogen-bond donors (Lipinski definition) is 3. The van der Waals surface area contributed by atoms with E-state index < -0.39 is 97.5 Å². The fourth-order valence-corrected chi connectivity index (χ4v) is 15.0. The monoisotopic (exact) mass is 1550 g/mol. The van der Waals surface area contributed by atoms with Gasteiger partial charge in [-0.3, -0.25) is 37.3 Å². The van der Waals surface area contributed by atoms with E-state index in [9.17, 15) is 43.2 Å². The van der Waals surface area contributed by atoms with Gasteiger partial charge >= 0.3 is 39.5 Å². The lowest BCUT2D eigenvalue weighted by Gasteiger charge is -2.21. The lowest BCUT2D eigenvalue weighted by atomic mass is 9.99. The molecule has 0 radical (unpaired) electrons. The maximum absolute atomic E-state index is 13.2. The van der Waals surface area contributed by atoms with Crippen molar-refractivity contribution in [1.29, 1.82) is 0 Å². The minimum Gasteiger partial charge on any atom is -0.462 e. The van der Waals surface area contributed by atoms with Crippen LogP contribution < -0.4 is 0 Å². The quantitative estimate of drug-likeness (QED) is 0.0222. The minimum atomic E-state index is -4.97. The van der Waals surface area contributed by atoms with Crippen molar-refractivity contribution < 1.29 is 80.2 Å². The van der Waals surface area contributed by atoms with Crippen LogP contribution in [0.4, 0.5) is 0 Å². The summed E-state index contributed by atoms with van der Waals surface area (Å²) in [5.74, 6) is 1.13. The zero-order chi connectivity index (χ0) is 78.1. The molecule has 4 unspecified atom stereocenters. The number of unbranched alkanes of at least 4 members (excludes halogenated alkanes) is 48. The summed E-state index contributed by atoms with van der Waals surface area (Å²) in [6.45, 7) is 14.4. The molecule has 0 aromatic carbocycles. The molecule has 3 N–H and O–H groups in total. The highest BCUT2D eigenvalue weighted by Crippen LogP contribution is 2.45. The second kappa shape index (κ2) is 75.7. The highest BCUT2D eigenvalue weighted by Gasteiger charge is 2.31. The van der Waals surface area contributed by atoms with E-state index in [0.717, 1.165) is 114 Å². The van der Waals surface area contributed by atoms with Crippen molar-refractivity contribution in [3.8, 4) is 0 Å². The van der Waals surface area contributed by atoms with Crippen LogP contribution in [0.3, 0.4) is 0 Å². The summed E-state index contributed by atoms with van der Waals surface area (Å²) >= 11 is 0. The van der Waals surface area contributed by atoms with Crippen molar-refractivity contribution in [1.82, 2.24) is 0 Å². The molecule has 0 spiro atoms. The van der Waals surface area contributed by atoms with Gasteiger partial charge in [-0.25, -0.2) is 9.13 Å². The molecule has 0 fully saturated rings. The number of aliphatic hydroxyl groups is 1. The Morgan fingerprint density at radius 2 is 0.453 bits per heavy atom. The third-order valence-corrected chi connectivity index (χ3v) is 22.9. The Morgan fingerprint density at radius 3 is 0.670 bits per heavy atom. The summed E-state index contributed by atoms with van der Waals surface area (Å²) < 4.78 is 69.0. The third-order valence-electron chi connectivity index (χ3n) is 21.0. The van der Waals surface area contributed by atoms with Gasteiger partial charge in [0.15, 0.2) is 12.2 Å². The molecular formula is C87H170O17P2. The fourth-order valence-electron chi connectivity index (χ4n) is 13.4. The Kier molecular flexibility index (Phi) is 74.3. The molecule has 0 saturated carbocycles. The average molecular weight is 1550 g/mol. The SMILES string of the molecule is CCC(C)CCCCCCCCCCCCCCCCC(=O)O[C@H](COC(=O)CCCCCCCCCCC(C)CC)COP(=O)(O)OC[C@H](O)COP(=O)(O)OC[C@@H](COC(=O)CCCCCCCCCCCCCCCCCC(C)C)OC(=O)CCCCCCCCCCCCCCCCCC(C)C. The Bertz CT molecular complexity index is 2060. The first-order valence-electron chi connectivity index (χ1n) is 44.8. The van der Waals surface area contributed by atoms with Gasteiger partial charge in [0.2, 0.25) is 0 Å².